The molecule has 13 aromatic carbocycles. The molecular formula is C66H40O. The molecule has 0 spiro atoms. The van der Waals surface area contributed by atoms with Gasteiger partial charge in [-0.3, -0.25) is 0 Å². The van der Waals surface area contributed by atoms with Crippen LogP contribution >= 0.6 is 0 Å². The van der Waals surface area contributed by atoms with E-state index in [1.807, 2.05) is 6.07 Å². The molecule has 310 valence electrons. The highest BCUT2D eigenvalue weighted by Gasteiger charge is 2.22. The average Bonchev–Trinajstić information content (AvgIpc) is 3.77. The molecule has 1 nitrogen and oxygen atoms in total. The summed E-state index contributed by atoms with van der Waals surface area (Å²) in [6.45, 7) is 0. The van der Waals surface area contributed by atoms with Crippen LogP contribution in [0.25, 0.3) is 142 Å². The minimum Gasteiger partial charge on any atom is -0.455 e. The van der Waals surface area contributed by atoms with Crippen LogP contribution in [0.2, 0.25) is 0 Å². The van der Waals surface area contributed by atoms with Gasteiger partial charge in [0.2, 0.25) is 0 Å². The lowest BCUT2D eigenvalue weighted by Crippen LogP contribution is -1.93. The molecule has 0 aliphatic rings. The summed E-state index contributed by atoms with van der Waals surface area (Å²) < 4.78 is 6.64. The second kappa shape index (κ2) is 14.9. The van der Waals surface area contributed by atoms with E-state index in [0.29, 0.717) is 0 Å². The van der Waals surface area contributed by atoms with Gasteiger partial charge in [0.25, 0.3) is 0 Å². The summed E-state index contributed by atoms with van der Waals surface area (Å²) in [5.74, 6) is 0. The van der Waals surface area contributed by atoms with Crippen LogP contribution in [0.15, 0.2) is 247 Å². The van der Waals surface area contributed by atoms with Crippen molar-refractivity contribution in [2.24, 2.45) is 0 Å². The van der Waals surface area contributed by atoms with E-state index in [-0.39, 0.29) is 0 Å². The Morgan fingerprint density at radius 1 is 0.209 bits per heavy atom. The van der Waals surface area contributed by atoms with E-state index < -0.39 is 0 Å². The summed E-state index contributed by atoms with van der Waals surface area (Å²) in [5.41, 5.74) is 13.9. The number of benzene rings is 13. The van der Waals surface area contributed by atoms with Crippen LogP contribution in [0.3, 0.4) is 0 Å². The van der Waals surface area contributed by atoms with Crippen molar-refractivity contribution in [1.82, 2.24) is 0 Å². The smallest absolute Gasteiger partial charge is 0.143 e. The molecule has 0 aliphatic carbocycles. The minimum absolute atomic E-state index is 0.909. The lowest BCUT2D eigenvalue weighted by atomic mass is 9.82. The van der Waals surface area contributed by atoms with Gasteiger partial charge in [-0.2, -0.15) is 0 Å². The molecule has 1 aromatic heterocycles. The van der Waals surface area contributed by atoms with E-state index in [2.05, 4.69) is 237 Å². The highest BCUT2D eigenvalue weighted by molar-refractivity contribution is 6.29. The van der Waals surface area contributed by atoms with Gasteiger partial charge < -0.3 is 4.42 Å². The molecule has 0 saturated heterocycles. The molecular weight excluding hydrogens is 809 g/mol. The third kappa shape index (κ3) is 5.81. The Labute approximate surface area is 387 Å². The van der Waals surface area contributed by atoms with Crippen molar-refractivity contribution in [3.8, 4) is 55.6 Å². The second-order valence-electron chi connectivity index (χ2n) is 17.8. The highest BCUT2D eigenvalue weighted by atomic mass is 16.3. The fraction of sp³-hybridized carbons (Fsp3) is 0. The highest BCUT2D eigenvalue weighted by Crippen LogP contribution is 2.49. The molecule has 1 heteroatoms. The van der Waals surface area contributed by atoms with Crippen LogP contribution in [0, 0.1) is 0 Å². The molecule has 0 fully saturated rings. The summed E-state index contributed by atoms with van der Waals surface area (Å²) in [6.07, 6.45) is 0. The van der Waals surface area contributed by atoms with Crippen molar-refractivity contribution in [3.63, 3.8) is 0 Å². The number of furan rings is 1. The number of para-hydroxylation sites is 1. The maximum absolute atomic E-state index is 6.64. The van der Waals surface area contributed by atoms with Crippen LogP contribution in [0.4, 0.5) is 0 Å². The lowest BCUT2D eigenvalue weighted by molar-refractivity contribution is 0.670. The van der Waals surface area contributed by atoms with Gasteiger partial charge >= 0.3 is 0 Å². The Balaban J connectivity index is 0.967. The molecule has 0 aliphatic heterocycles. The Kier molecular flexibility index (Phi) is 8.35. The summed E-state index contributed by atoms with van der Waals surface area (Å²) in [5, 5.41) is 17.1. The number of hydrogen-bond acceptors (Lipinski definition) is 1. The van der Waals surface area contributed by atoms with E-state index in [1.54, 1.807) is 0 Å². The fourth-order valence-corrected chi connectivity index (χ4v) is 11.2. The first-order valence-corrected chi connectivity index (χ1v) is 23.2. The maximum Gasteiger partial charge on any atom is 0.143 e. The molecule has 0 radical (unpaired) electrons. The standard InChI is InChI=1S/C66H40O/c1-2-16-41(17-3-1)42-30-34-44(35-31-42)63-53-25-10-12-27-55(53)65(56-28-13-11-26-54(56)63)60-40-59-49-21-7-6-20-48(49)57(39-58(59)50-22-8-9-23-51(50)60)43-32-36-45(37-33-43)64-47-19-5-4-18-46(47)38-61-52-24-14-15-29-62(52)67-66(61)64/h1-40H. The van der Waals surface area contributed by atoms with E-state index in [9.17, 15) is 0 Å². The molecule has 14 rings (SSSR count). The number of hydrogen-bond donors (Lipinski definition) is 0. The molecule has 0 amide bonds. The molecule has 0 N–H and O–H groups in total. The third-order valence-electron chi connectivity index (χ3n) is 14.2. The SMILES string of the molecule is c1ccc(-c2ccc(-c3c4ccccc4c(-c4cc5c6ccccc6c(-c6ccc(-c7c8ccccc8cc8c7oc7ccccc78)cc6)cc5c5ccccc45)c4ccccc34)cc2)cc1. The first-order chi connectivity index (χ1) is 33.2. The average molecular weight is 849 g/mol. The Morgan fingerprint density at radius 3 is 1.25 bits per heavy atom. The third-order valence-corrected chi connectivity index (χ3v) is 14.2. The maximum atomic E-state index is 6.64. The molecule has 0 atom stereocenters. The van der Waals surface area contributed by atoms with Gasteiger partial charge in [0.05, 0.1) is 0 Å². The second-order valence-corrected chi connectivity index (χ2v) is 17.8. The van der Waals surface area contributed by atoms with Crippen LogP contribution in [-0.4, -0.2) is 0 Å². The van der Waals surface area contributed by atoms with Gasteiger partial charge in [-0.05, 0) is 139 Å². The van der Waals surface area contributed by atoms with Crippen molar-refractivity contribution >= 4 is 86.6 Å². The van der Waals surface area contributed by atoms with Gasteiger partial charge in [-0.1, -0.05) is 218 Å². The predicted octanol–water partition coefficient (Wildman–Crippen LogP) is 18.8. The first kappa shape index (κ1) is 37.6. The van der Waals surface area contributed by atoms with Gasteiger partial charge in [0, 0.05) is 16.3 Å². The van der Waals surface area contributed by atoms with Crippen LogP contribution in [-0.2, 0) is 0 Å². The Morgan fingerprint density at radius 2 is 0.627 bits per heavy atom. The lowest BCUT2D eigenvalue weighted by Gasteiger charge is -2.20. The van der Waals surface area contributed by atoms with Crippen molar-refractivity contribution in [3.05, 3.63) is 243 Å². The molecule has 0 saturated carbocycles. The molecule has 0 bridgehead atoms. The fourth-order valence-electron chi connectivity index (χ4n) is 11.2. The van der Waals surface area contributed by atoms with E-state index in [0.717, 1.165) is 33.1 Å². The number of fused-ring (bicyclic) bond motifs is 11. The summed E-state index contributed by atoms with van der Waals surface area (Å²) in [7, 11) is 0. The summed E-state index contributed by atoms with van der Waals surface area (Å²) in [6, 6.07) is 89.1. The predicted molar refractivity (Wildman–Crippen MR) is 286 cm³/mol. The van der Waals surface area contributed by atoms with Crippen molar-refractivity contribution < 1.29 is 4.42 Å². The zero-order valence-corrected chi connectivity index (χ0v) is 36.5. The van der Waals surface area contributed by atoms with Gasteiger partial charge in [0.1, 0.15) is 11.2 Å². The first-order valence-electron chi connectivity index (χ1n) is 23.2. The van der Waals surface area contributed by atoms with Crippen molar-refractivity contribution in [2.45, 2.75) is 0 Å². The minimum atomic E-state index is 0.909. The molecule has 1 heterocycles. The Hall–Kier alpha value is -8.78. The molecule has 0 unspecified atom stereocenters. The van der Waals surface area contributed by atoms with E-state index in [4.69, 9.17) is 4.42 Å². The quantitative estimate of drug-likeness (QED) is 0.124. The van der Waals surface area contributed by atoms with Crippen molar-refractivity contribution in [1.29, 1.82) is 0 Å². The van der Waals surface area contributed by atoms with E-state index in [1.165, 1.54) is 109 Å². The van der Waals surface area contributed by atoms with Crippen LogP contribution in [0.5, 0.6) is 0 Å². The monoisotopic (exact) mass is 848 g/mol. The van der Waals surface area contributed by atoms with Crippen LogP contribution < -0.4 is 0 Å². The largest absolute Gasteiger partial charge is 0.455 e. The number of rotatable bonds is 5. The normalized spacial score (nSPS) is 11.9. The molecule has 67 heavy (non-hydrogen) atoms. The summed E-state index contributed by atoms with van der Waals surface area (Å²) in [4.78, 5) is 0. The van der Waals surface area contributed by atoms with E-state index >= 15 is 0 Å². The van der Waals surface area contributed by atoms with Crippen LogP contribution in [0.1, 0.15) is 0 Å². The van der Waals surface area contributed by atoms with Gasteiger partial charge in [-0.25, -0.2) is 0 Å². The Bertz CT molecular complexity index is 4230. The van der Waals surface area contributed by atoms with Crippen molar-refractivity contribution in [2.75, 3.05) is 0 Å². The van der Waals surface area contributed by atoms with Gasteiger partial charge in [-0.15, -0.1) is 0 Å². The summed E-state index contributed by atoms with van der Waals surface area (Å²) >= 11 is 0. The molecule has 14 aromatic rings. The van der Waals surface area contributed by atoms with Gasteiger partial charge in [0.15, 0.2) is 0 Å². The topological polar surface area (TPSA) is 13.1 Å². The zero-order valence-electron chi connectivity index (χ0n) is 36.5. The zero-order chi connectivity index (χ0) is 44.0.